The first-order valence-electron chi connectivity index (χ1n) is 5.67. The van der Waals surface area contributed by atoms with Gasteiger partial charge in [0, 0.05) is 24.4 Å². The largest absolute Gasteiger partial charge is 0.393 e. The highest BCUT2D eigenvalue weighted by atomic mass is 16.6. The van der Waals surface area contributed by atoms with Gasteiger partial charge in [-0.2, -0.15) is 0 Å². The molecular formula is C12H18N2O3. The molecule has 0 radical (unpaired) electrons. The highest BCUT2D eigenvalue weighted by Gasteiger charge is 2.07. The molecule has 5 heteroatoms. The Hall–Kier alpha value is -1.62. The predicted octanol–water partition coefficient (Wildman–Crippen LogP) is 2.48. The molecule has 1 rings (SSSR count). The summed E-state index contributed by atoms with van der Waals surface area (Å²) in [4.78, 5) is 10.3. The Kier molecular flexibility index (Phi) is 4.90. The Morgan fingerprint density at radius 3 is 2.76 bits per heavy atom. The lowest BCUT2D eigenvalue weighted by molar-refractivity contribution is -0.384. The van der Waals surface area contributed by atoms with Gasteiger partial charge in [-0.15, -0.1) is 0 Å². The zero-order valence-electron chi connectivity index (χ0n) is 10.1. The summed E-state index contributed by atoms with van der Waals surface area (Å²) in [6, 6.07) is 4.94. The molecule has 0 saturated carbocycles. The van der Waals surface area contributed by atoms with Gasteiger partial charge in [0.05, 0.1) is 11.0 Å². The normalized spacial score (nSPS) is 12.2. The second-order valence-electron chi connectivity index (χ2n) is 4.23. The first-order chi connectivity index (χ1) is 7.99. The van der Waals surface area contributed by atoms with Crippen molar-refractivity contribution in [2.75, 3.05) is 11.9 Å². The Bertz CT molecular complexity index is 391. The van der Waals surface area contributed by atoms with Gasteiger partial charge in [-0.3, -0.25) is 10.1 Å². The zero-order valence-corrected chi connectivity index (χ0v) is 10.1. The monoisotopic (exact) mass is 238 g/mol. The van der Waals surface area contributed by atoms with E-state index >= 15 is 0 Å². The second-order valence-corrected chi connectivity index (χ2v) is 4.23. The molecular weight excluding hydrogens is 220 g/mol. The number of aliphatic hydroxyl groups excluding tert-OH is 1. The number of nitrogens with one attached hydrogen (secondary N) is 1. The van der Waals surface area contributed by atoms with Crippen LogP contribution in [0, 0.1) is 17.0 Å². The standard InChI is InChI=1S/C12H18N2O3/c1-9-6-11(8-12(7-9)14(16)17)13-5-3-4-10(2)15/h6-8,10,13,15H,3-5H2,1-2H3. The molecule has 0 saturated heterocycles. The summed E-state index contributed by atoms with van der Waals surface area (Å²) in [5.41, 5.74) is 1.71. The van der Waals surface area contributed by atoms with Crippen LogP contribution in [0.3, 0.4) is 0 Å². The number of nitro groups is 1. The third-order valence-electron chi connectivity index (χ3n) is 2.40. The van der Waals surface area contributed by atoms with Gasteiger partial charge in [-0.05, 0) is 38.3 Å². The Balaban J connectivity index is 2.56. The molecule has 0 aliphatic heterocycles. The fourth-order valence-corrected chi connectivity index (χ4v) is 1.60. The van der Waals surface area contributed by atoms with Crippen LogP contribution in [0.1, 0.15) is 25.3 Å². The van der Waals surface area contributed by atoms with Crippen LogP contribution in [-0.4, -0.2) is 22.7 Å². The maximum Gasteiger partial charge on any atom is 0.271 e. The average molecular weight is 238 g/mol. The third kappa shape index (κ3) is 4.82. The molecule has 0 aliphatic rings. The van der Waals surface area contributed by atoms with Gasteiger partial charge in [0.2, 0.25) is 0 Å². The molecule has 94 valence electrons. The number of anilines is 1. The lowest BCUT2D eigenvalue weighted by Crippen LogP contribution is -2.06. The highest BCUT2D eigenvalue weighted by Crippen LogP contribution is 2.20. The summed E-state index contributed by atoms with van der Waals surface area (Å²) >= 11 is 0. The van der Waals surface area contributed by atoms with Crippen LogP contribution in [0.2, 0.25) is 0 Å². The molecule has 0 spiro atoms. The minimum atomic E-state index is -0.395. The van der Waals surface area contributed by atoms with Crippen molar-refractivity contribution in [1.82, 2.24) is 0 Å². The van der Waals surface area contributed by atoms with Crippen molar-refractivity contribution in [3.63, 3.8) is 0 Å². The van der Waals surface area contributed by atoms with Gasteiger partial charge in [0.15, 0.2) is 0 Å². The molecule has 0 aromatic heterocycles. The molecule has 1 aromatic rings. The van der Waals surface area contributed by atoms with Crippen LogP contribution in [-0.2, 0) is 0 Å². The maximum atomic E-state index is 10.7. The SMILES string of the molecule is Cc1cc(NCCCC(C)O)cc([N+](=O)[O-])c1. The Morgan fingerprint density at radius 1 is 1.47 bits per heavy atom. The van der Waals surface area contributed by atoms with Crippen molar-refractivity contribution >= 4 is 11.4 Å². The zero-order chi connectivity index (χ0) is 12.8. The van der Waals surface area contributed by atoms with Crippen molar-refractivity contribution in [1.29, 1.82) is 0 Å². The summed E-state index contributed by atoms with van der Waals surface area (Å²) in [5, 5.41) is 22.9. The van der Waals surface area contributed by atoms with E-state index in [0.717, 1.165) is 24.1 Å². The van der Waals surface area contributed by atoms with Crippen molar-refractivity contribution in [2.45, 2.75) is 32.8 Å². The molecule has 0 aliphatic carbocycles. The molecule has 0 bridgehead atoms. The number of aliphatic hydroxyl groups is 1. The van der Waals surface area contributed by atoms with Crippen molar-refractivity contribution < 1.29 is 10.0 Å². The van der Waals surface area contributed by atoms with Crippen molar-refractivity contribution in [3.8, 4) is 0 Å². The summed E-state index contributed by atoms with van der Waals surface area (Å²) in [6.07, 6.45) is 1.25. The predicted molar refractivity (Wildman–Crippen MR) is 67.2 cm³/mol. The van der Waals surface area contributed by atoms with Crippen LogP contribution in [0.25, 0.3) is 0 Å². The van der Waals surface area contributed by atoms with E-state index in [0.29, 0.717) is 6.54 Å². The number of nitro benzene ring substituents is 1. The summed E-state index contributed by atoms with van der Waals surface area (Å²) in [5.74, 6) is 0. The van der Waals surface area contributed by atoms with Gasteiger partial charge in [0.25, 0.3) is 5.69 Å². The van der Waals surface area contributed by atoms with E-state index in [9.17, 15) is 10.1 Å². The summed E-state index contributed by atoms with van der Waals surface area (Å²) in [6.45, 7) is 4.27. The number of aryl methyl sites for hydroxylation is 1. The van der Waals surface area contributed by atoms with E-state index in [1.54, 1.807) is 13.0 Å². The van der Waals surface area contributed by atoms with Gasteiger partial charge >= 0.3 is 0 Å². The van der Waals surface area contributed by atoms with Crippen LogP contribution in [0.4, 0.5) is 11.4 Å². The summed E-state index contributed by atoms with van der Waals surface area (Å²) in [7, 11) is 0. The molecule has 1 unspecified atom stereocenters. The van der Waals surface area contributed by atoms with E-state index in [1.165, 1.54) is 6.07 Å². The minimum Gasteiger partial charge on any atom is -0.393 e. The smallest absolute Gasteiger partial charge is 0.271 e. The number of non-ortho nitro benzene ring substituents is 1. The van der Waals surface area contributed by atoms with E-state index in [4.69, 9.17) is 5.11 Å². The fraction of sp³-hybridized carbons (Fsp3) is 0.500. The average Bonchev–Trinajstić information content (AvgIpc) is 2.23. The molecule has 0 heterocycles. The number of hydrogen-bond acceptors (Lipinski definition) is 4. The van der Waals surface area contributed by atoms with E-state index in [1.807, 2.05) is 13.0 Å². The number of nitrogens with zero attached hydrogens (tertiary/aromatic N) is 1. The quantitative estimate of drug-likeness (QED) is 0.453. The Labute approximate surface area is 101 Å². The molecule has 0 fully saturated rings. The Morgan fingerprint density at radius 2 is 2.18 bits per heavy atom. The first-order valence-corrected chi connectivity index (χ1v) is 5.67. The molecule has 2 N–H and O–H groups in total. The lowest BCUT2D eigenvalue weighted by atomic mass is 10.2. The van der Waals surface area contributed by atoms with Crippen LogP contribution >= 0.6 is 0 Å². The fourth-order valence-electron chi connectivity index (χ4n) is 1.60. The van der Waals surface area contributed by atoms with E-state index in [-0.39, 0.29) is 11.8 Å². The molecule has 5 nitrogen and oxygen atoms in total. The minimum absolute atomic E-state index is 0.100. The van der Waals surface area contributed by atoms with Gasteiger partial charge in [0.1, 0.15) is 0 Å². The maximum absolute atomic E-state index is 10.7. The van der Waals surface area contributed by atoms with Gasteiger partial charge in [-0.1, -0.05) is 0 Å². The van der Waals surface area contributed by atoms with Crippen LogP contribution in [0.5, 0.6) is 0 Å². The third-order valence-corrected chi connectivity index (χ3v) is 2.40. The highest BCUT2D eigenvalue weighted by molar-refractivity contribution is 5.53. The second kappa shape index (κ2) is 6.20. The van der Waals surface area contributed by atoms with E-state index < -0.39 is 4.92 Å². The first kappa shape index (κ1) is 13.4. The van der Waals surface area contributed by atoms with Crippen molar-refractivity contribution in [3.05, 3.63) is 33.9 Å². The lowest BCUT2D eigenvalue weighted by Gasteiger charge is -2.08. The summed E-state index contributed by atoms with van der Waals surface area (Å²) < 4.78 is 0. The molecule has 1 aromatic carbocycles. The van der Waals surface area contributed by atoms with Crippen LogP contribution in [0.15, 0.2) is 18.2 Å². The molecule has 17 heavy (non-hydrogen) atoms. The van der Waals surface area contributed by atoms with Gasteiger partial charge in [-0.25, -0.2) is 0 Å². The number of hydrogen-bond donors (Lipinski definition) is 2. The van der Waals surface area contributed by atoms with Gasteiger partial charge < -0.3 is 10.4 Å². The number of rotatable bonds is 6. The molecule has 0 amide bonds. The number of benzene rings is 1. The topological polar surface area (TPSA) is 75.4 Å². The van der Waals surface area contributed by atoms with Crippen molar-refractivity contribution in [2.24, 2.45) is 0 Å². The van der Waals surface area contributed by atoms with E-state index in [2.05, 4.69) is 5.32 Å². The molecule has 1 atom stereocenters. The van der Waals surface area contributed by atoms with Crippen LogP contribution < -0.4 is 5.32 Å².